The molecule has 1 atom stereocenters. The van der Waals surface area contributed by atoms with E-state index in [0.29, 0.717) is 5.92 Å². The molecule has 0 N–H and O–H groups in total. The third-order valence-corrected chi connectivity index (χ3v) is 3.02. The van der Waals surface area contributed by atoms with Crippen molar-refractivity contribution in [2.24, 2.45) is 5.92 Å². The Hall–Kier alpha value is -0.740. The van der Waals surface area contributed by atoms with Crippen LogP contribution in [-0.4, -0.2) is 0 Å². The number of halogens is 1. The van der Waals surface area contributed by atoms with Gasteiger partial charge in [0.15, 0.2) is 0 Å². The first-order valence-electron chi connectivity index (χ1n) is 4.80. The van der Waals surface area contributed by atoms with Gasteiger partial charge in [-0.25, -0.2) is 0 Å². The highest BCUT2D eigenvalue weighted by atomic mass is 79.9. The average Bonchev–Trinajstić information content (AvgIpc) is 2.12. The fourth-order valence-electron chi connectivity index (χ4n) is 1.41. The molecule has 1 aromatic rings. The third kappa shape index (κ3) is 3.20. The van der Waals surface area contributed by atoms with Crippen molar-refractivity contribution in [1.29, 1.82) is 0 Å². The standard InChI is InChI=1S/C13H15Br/c1-4-5-10(2)8-12-7-6-11(3)13(14)9-12/h6-7,9-10H,8H2,1-3H3. The molecule has 0 amide bonds. The van der Waals surface area contributed by atoms with Gasteiger partial charge in [-0.2, -0.15) is 0 Å². The van der Waals surface area contributed by atoms with E-state index in [-0.39, 0.29) is 0 Å². The molecule has 14 heavy (non-hydrogen) atoms. The molecular formula is C13H15Br. The molecule has 1 heteroatoms. The van der Waals surface area contributed by atoms with Crippen LogP contribution in [0.2, 0.25) is 0 Å². The topological polar surface area (TPSA) is 0 Å². The van der Waals surface area contributed by atoms with Crippen LogP contribution in [0.25, 0.3) is 0 Å². The number of hydrogen-bond acceptors (Lipinski definition) is 0. The number of rotatable bonds is 2. The molecule has 1 aromatic carbocycles. The SMILES string of the molecule is CC#CC(C)Cc1ccc(C)c(Br)c1. The van der Waals surface area contributed by atoms with Gasteiger partial charge >= 0.3 is 0 Å². The Morgan fingerprint density at radius 3 is 2.71 bits per heavy atom. The average molecular weight is 251 g/mol. The fourth-order valence-corrected chi connectivity index (χ4v) is 1.84. The predicted molar refractivity (Wildman–Crippen MR) is 65.2 cm³/mol. The molecule has 0 nitrogen and oxygen atoms in total. The normalized spacial score (nSPS) is 11.7. The van der Waals surface area contributed by atoms with Crippen LogP contribution in [-0.2, 0) is 6.42 Å². The van der Waals surface area contributed by atoms with Crippen molar-refractivity contribution < 1.29 is 0 Å². The molecule has 0 saturated carbocycles. The molecule has 0 aromatic heterocycles. The summed E-state index contributed by atoms with van der Waals surface area (Å²) in [6, 6.07) is 6.50. The molecule has 0 aliphatic carbocycles. The summed E-state index contributed by atoms with van der Waals surface area (Å²) in [5.74, 6) is 6.55. The zero-order chi connectivity index (χ0) is 10.6. The minimum atomic E-state index is 0.439. The lowest BCUT2D eigenvalue weighted by Crippen LogP contribution is -1.96. The number of hydrogen-bond donors (Lipinski definition) is 0. The van der Waals surface area contributed by atoms with Gasteiger partial charge in [-0.05, 0) is 37.5 Å². The summed E-state index contributed by atoms with van der Waals surface area (Å²) in [4.78, 5) is 0. The Morgan fingerprint density at radius 1 is 1.43 bits per heavy atom. The second-order valence-electron chi connectivity index (χ2n) is 3.58. The highest BCUT2D eigenvalue weighted by Crippen LogP contribution is 2.19. The Kier molecular flexibility index (Phi) is 4.22. The summed E-state index contributed by atoms with van der Waals surface area (Å²) < 4.78 is 1.19. The minimum Gasteiger partial charge on any atom is -0.106 e. The van der Waals surface area contributed by atoms with Crippen molar-refractivity contribution in [3.05, 3.63) is 33.8 Å². The van der Waals surface area contributed by atoms with Crippen molar-refractivity contribution in [3.63, 3.8) is 0 Å². The minimum absolute atomic E-state index is 0.439. The largest absolute Gasteiger partial charge is 0.106 e. The van der Waals surface area contributed by atoms with Gasteiger partial charge in [0, 0.05) is 10.4 Å². The number of benzene rings is 1. The van der Waals surface area contributed by atoms with E-state index in [1.54, 1.807) is 0 Å². The van der Waals surface area contributed by atoms with Gasteiger partial charge in [-0.15, -0.1) is 11.8 Å². The third-order valence-electron chi connectivity index (χ3n) is 2.17. The van der Waals surface area contributed by atoms with Crippen LogP contribution in [0.4, 0.5) is 0 Å². The Morgan fingerprint density at radius 2 is 2.14 bits per heavy atom. The molecule has 0 aliphatic heterocycles. The van der Waals surface area contributed by atoms with Gasteiger partial charge in [-0.1, -0.05) is 35.0 Å². The molecule has 0 saturated heterocycles. The second-order valence-corrected chi connectivity index (χ2v) is 4.44. The summed E-state index contributed by atoms with van der Waals surface area (Å²) >= 11 is 3.54. The molecule has 0 bridgehead atoms. The van der Waals surface area contributed by atoms with E-state index in [1.165, 1.54) is 15.6 Å². The summed E-state index contributed by atoms with van der Waals surface area (Å²) in [5.41, 5.74) is 2.63. The maximum atomic E-state index is 3.54. The Bertz CT molecular complexity index is 369. The highest BCUT2D eigenvalue weighted by Gasteiger charge is 2.01. The first-order chi connectivity index (χ1) is 6.63. The van der Waals surface area contributed by atoms with E-state index >= 15 is 0 Å². The van der Waals surface area contributed by atoms with Gasteiger partial charge in [-0.3, -0.25) is 0 Å². The van der Waals surface area contributed by atoms with Gasteiger partial charge in [0.25, 0.3) is 0 Å². The zero-order valence-electron chi connectivity index (χ0n) is 8.89. The van der Waals surface area contributed by atoms with Gasteiger partial charge in [0.1, 0.15) is 0 Å². The molecule has 1 unspecified atom stereocenters. The van der Waals surface area contributed by atoms with E-state index in [0.717, 1.165) is 6.42 Å². The molecule has 0 heterocycles. The van der Waals surface area contributed by atoms with E-state index in [4.69, 9.17) is 0 Å². The predicted octanol–water partition coefficient (Wildman–Crippen LogP) is 3.96. The maximum absolute atomic E-state index is 3.54. The van der Waals surface area contributed by atoms with E-state index < -0.39 is 0 Å². The van der Waals surface area contributed by atoms with Crippen molar-refractivity contribution >= 4 is 15.9 Å². The second kappa shape index (κ2) is 5.22. The van der Waals surface area contributed by atoms with Crippen LogP contribution < -0.4 is 0 Å². The first kappa shape index (κ1) is 11.3. The van der Waals surface area contributed by atoms with Crippen LogP contribution in [0.3, 0.4) is 0 Å². The molecule has 0 aliphatic rings. The summed E-state index contributed by atoms with van der Waals surface area (Å²) in [7, 11) is 0. The van der Waals surface area contributed by atoms with Crippen LogP contribution in [0.5, 0.6) is 0 Å². The summed E-state index contributed by atoms with van der Waals surface area (Å²) in [6.45, 7) is 6.15. The monoisotopic (exact) mass is 250 g/mol. The first-order valence-corrected chi connectivity index (χ1v) is 5.60. The molecule has 0 fully saturated rings. The lowest BCUT2D eigenvalue weighted by molar-refractivity contribution is 0.749. The van der Waals surface area contributed by atoms with Crippen LogP contribution in [0.15, 0.2) is 22.7 Å². The smallest absolute Gasteiger partial charge is 0.0214 e. The van der Waals surface area contributed by atoms with Crippen LogP contribution in [0.1, 0.15) is 25.0 Å². The Balaban J connectivity index is 2.76. The Labute approximate surface area is 94.9 Å². The zero-order valence-corrected chi connectivity index (χ0v) is 10.5. The quantitative estimate of drug-likeness (QED) is 0.698. The van der Waals surface area contributed by atoms with E-state index in [1.807, 2.05) is 6.92 Å². The van der Waals surface area contributed by atoms with E-state index in [2.05, 4.69) is 59.8 Å². The van der Waals surface area contributed by atoms with Crippen molar-refractivity contribution in [1.82, 2.24) is 0 Å². The van der Waals surface area contributed by atoms with Gasteiger partial charge in [0.05, 0.1) is 0 Å². The number of aryl methyl sites for hydroxylation is 1. The van der Waals surface area contributed by atoms with Crippen molar-refractivity contribution in [2.45, 2.75) is 27.2 Å². The lowest BCUT2D eigenvalue weighted by atomic mass is 10.0. The summed E-state index contributed by atoms with van der Waals surface area (Å²) in [6.07, 6.45) is 1.03. The molecular weight excluding hydrogens is 236 g/mol. The van der Waals surface area contributed by atoms with Gasteiger partial charge in [0.2, 0.25) is 0 Å². The maximum Gasteiger partial charge on any atom is 0.0214 e. The van der Waals surface area contributed by atoms with E-state index in [9.17, 15) is 0 Å². The molecule has 0 spiro atoms. The van der Waals surface area contributed by atoms with Crippen LogP contribution >= 0.6 is 15.9 Å². The van der Waals surface area contributed by atoms with Crippen LogP contribution in [0, 0.1) is 24.7 Å². The van der Waals surface area contributed by atoms with Gasteiger partial charge < -0.3 is 0 Å². The molecule has 0 radical (unpaired) electrons. The summed E-state index contributed by atoms with van der Waals surface area (Å²) in [5, 5.41) is 0. The fraction of sp³-hybridized carbons (Fsp3) is 0.385. The molecule has 1 rings (SSSR count). The highest BCUT2D eigenvalue weighted by molar-refractivity contribution is 9.10. The van der Waals surface area contributed by atoms with Crippen molar-refractivity contribution in [2.75, 3.05) is 0 Å². The lowest BCUT2D eigenvalue weighted by Gasteiger charge is -2.06. The van der Waals surface area contributed by atoms with Crippen molar-refractivity contribution in [3.8, 4) is 11.8 Å². The molecule has 74 valence electrons.